The Morgan fingerprint density at radius 3 is 3.12 bits per heavy atom. The van der Waals surface area contributed by atoms with E-state index in [1.54, 1.807) is 6.92 Å². The van der Waals surface area contributed by atoms with Crippen LogP contribution in [0.1, 0.15) is 12.7 Å². The van der Waals surface area contributed by atoms with E-state index in [1.165, 1.54) is 0 Å². The van der Waals surface area contributed by atoms with Crippen LogP contribution >= 0.6 is 15.9 Å². The molecule has 0 bridgehead atoms. The van der Waals surface area contributed by atoms with Crippen LogP contribution in [0.25, 0.3) is 5.65 Å². The molecular weight excluding hydrogens is 272 g/mol. The van der Waals surface area contributed by atoms with E-state index in [0.29, 0.717) is 6.54 Å². The van der Waals surface area contributed by atoms with Gasteiger partial charge < -0.3 is 5.32 Å². The zero-order valence-electron chi connectivity index (χ0n) is 8.72. The first-order valence-corrected chi connectivity index (χ1v) is 5.80. The molecule has 2 aromatic rings. The molecule has 0 aliphatic carbocycles. The number of hydrogen-bond acceptors (Lipinski definition) is 3. The molecule has 0 aromatic carbocycles. The van der Waals surface area contributed by atoms with E-state index in [9.17, 15) is 4.79 Å². The van der Waals surface area contributed by atoms with Gasteiger partial charge in [-0.1, -0.05) is 22.0 Å². The zero-order valence-corrected chi connectivity index (χ0v) is 10.3. The summed E-state index contributed by atoms with van der Waals surface area (Å²) in [4.78, 5) is 11.2. The number of nitrogens with zero attached hydrogens (tertiary/aromatic N) is 3. The van der Waals surface area contributed by atoms with Crippen molar-refractivity contribution in [2.24, 2.45) is 0 Å². The van der Waals surface area contributed by atoms with E-state index >= 15 is 0 Å². The van der Waals surface area contributed by atoms with Crippen LogP contribution in [-0.2, 0) is 11.3 Å². The first-order valence-electron chi connectivity index (χ1n) is 4.89. The summed E-state index contributed by atoms with van der Waals surface area (Å²) in [5.74, 6) is 0.657. The molecule has 0 aliphatic rings. The van der Waals surface area contributed by atoms with Crippen molar-refractivity contribution >= 4 is 27.5 Å². The number of aromatic nitrogens is 3. The SMILES string of the molecule is CC(Br)C(=O)NCc1nnc2ccccn12. The van der Waals surface area contributed by atoms with Crippen LogP contribution in [0.4, 0.5) is 0 Å². The highest BCUT2D eigenvalue weighted by atomic mass is 79.9. The van der Waals surface area contributed by atoms with Crippen molar-refractivity contribution in [2.45, 2.75) is 18.3 Å². The lowest BCUT2D eigenvalue weighted by Crippen LogP contribution is -2.29. The van der Waals surface area contributed by atoms with Crippen LogP contribution in [0.15, 0.2) is 24.4 Å². The number of carbonyl (C=O) groups is 1. The molecule has 2 rings (SSSR count). The number of nitrogens with one attached hydrogen (secondary N) is 1. The zero-order chi connectivity index (χ0) is 11.5. The first-order chi connectivity index (χ1) is 7.68. The predicted molar refractivity (Wildman–Crippen MR) is 63.2 cm³/mol. The summed E-state index contributed by atoms with van der Waals surface area (Å²) in [5.41, 5.74) is 0.777. The fourth-order valence-corrected chi connectivity index (χ4v) is 1.48. The Morgan fingerprint density at radius 2 is 2.38 bits per heavy atom. The lowest BCUT2D eigenvalue weighted by molar-refractivity contribution is -0.120. The van der Waals surface area contributed by atoms with Crippen LogP contribution in [0.5, 0.6) is 0 Å². The van der Waals surface area contributed by atoms with Gasteiger partial charge in [0, 0.05) is 6.20 Å². The van der Waals surface area contributed by atoms with Gasteiger partial charge in [-0.2, -0.15) is 0 Å². The summed E-state index contributed by atoms with van der Waals surface area (Å²) in [6.07, 6.45) is 1.87. The van der Waals surface area contributed by atoms with Gasteiger partial charge in [-0.25, -0.2) is 0 Å². The third-order valence-corrected chi connectivity index (χ3v) is 2.58. The number of rotatable bonds is 3. The van der Waals surface area contributed by atoms with Crippen molar-refractivity contribution in [1.82, 2.24) is 19.9 Å². The molecule has 1 unspecified atom stereocenters. The molecule has 1 atom stereocenters. The third-order valence-electron chi connectivity index (χ3n) is 2.17. The highest BCUT2D eigenvalue weighted by Gasteiger charge is 2.10. The molecule has 84 valence electrons. The summed E-state index contributed by atoms with van der Waals surface area (Å²) in [5, 5.41) is 10.8. The van der Waals surface area contributed by atoms with E-state index in [4.69, 9.17) is 0 Å². The minimum Gasteiger partial charge on any atom is -0.348 e. The number of carbonyl (C=O) groups excluding carboxylic acids is 1. The fraction of sp³-hybridized carbons (Fsp3) is 0.300. The summed E-state index contributed by atoms with van der Waals surface area (Å²) < 4.78 is 1.85. The Bertz CT molecular complexity index is 508. The predicted octanol–water partition coefficient (Wildman–Crippen LogP) is 1.13. The lowest BCUT2D eigenvalue weighted by atomic mass is 10.4. The molecule has 2 aromatic heterocycles. The summed E-state index contributed by atoms with van der Waals surface area (Å²) >= 11 is 3.20. The largest absolute Gasteiger partial charge is 0.348 e. The van der Waals surface area contributed by atoms with Crippen molar-refractivity contribution in [1.29, 1.82) is 0 Å². The number of halogens is 1. The Labute approximate surface area is 101 Å². The monoisotopic (exact) mass is 282 g/mol. The molecule has 1 N–H and O–H groups in total. The smallest absolute Gasteiger partial charge is 0.233 e. The second-order valence-corrected chi connectivity index (χ2v) is 4.75. The minimum atomic E-state index is -0.202. The average molecular weight is 283 g/mol. The van der Waals surface area contributed by atoms with Gasteiger partial charge in [-0.05, 0) is 19.1 Å². The van der Waals surface area contributed by atoms with Crippen LogP contribution in [0.2, 0.25) is 0 Å². The van der Waals surface area contributed by atoms with Gasteiger partial charge in [0.05, 0.1) is 11.4 Å². The highest BCUT2D eigenvalue weighted by molar-refractivity contribution is 9.10. The molecular formula is C10H11BrN4O. The molecule has 0 spiro atoms. The normalized spacial score (nSPS) is 12.6. The molecule has 6 heteroatoms. The van der Waals surface area contributed by atoms with Crippen molar-refractivity contribution in [2.75, 3.05) is 0 Å². The van der Waals surface area contributed by atoms with Gasteiger partial charge in [-0.3, -0.25) is 9.20 Å². The van der Waals surface area contributed by atoms with E-state index in [0.717, 1.165) is 11.5 Å². The van der Waals surface area contributed by atoms with Crippen LogP contribution in [-0.4, -0.2) is 25.3 Å². The number of alkyl halides is 1. The van der Waals surface area contributed by atoms with Gasteiger partial charge in [0.1, 0.15) is 0 Å². The maximum atomic E-state index is 11.4. The molecule has 5 nitrogen and oxygen atoms in total. The van der Waals surface area contributed by atoms with E-state index in [-0.39, 0.29) is 10.7 Å². The average Bonchev–Trinajstić information content (AvgIpc) is 2.69. The van der Waals surface area contributed by atoms with Crippen LogP contribution in [0.3, 0.4) is 0 Å². The van der Waals surface area contributed by atoms with Gasteiger partial charge >= 0.3 is 0 Å². The fourth-order valence-electron chi connectivity index (χ4n) is 1.32. The summed E-state index contributed by atoms with van der Waals surface area (Å²) in [7, 11) is 0. The molecule has 1 amide bonds. The molecule has 2 heterocycles. The first kappa shape index (κ1) is 11.1. The molecule has 0 radical (unpaired) electrons. The van der Waals surface area contributed by atoms with Crippen molar-refractivity contribution < 1.29 is 4.79 Å². The molecule has 0 aliphatic heterocycles. The van der Waals surface area contributed by atoms with E-state index in [2.05, 4.69) is 31.4 Å². The molecule has 0 saturated carbocycles. The topological polar surface area (TPSA) is 59.3 Å². The van der Waals surface area contributed by atoms with Crippen LogP contribution in [0, 0.1) is 0 Å². The number of amides is 1. The molecule has 0 fully saturated rings. The minimum absolute atomic E-state index is 0.0623. The van der Waals surface area contributed by atoms with Gasteiger partial charge in [0.2, 0.25) is 5.91 Å². The second kappa shape index (κ2) is 4.61. The van der Waals surface area contributed by atoms with Gasteiger partial charge in [0.25, 0.3) is 0 Å². The van der Waals surface area contributed by atoms with Crippen molar-refractivity contribution in [3.63, 3.8) is 0 Å². The lowest BCUT2D eigenvalue weighted by Gasteiger charge is -2.04. The number of fused-ring (bicyclic) bond motifs is 1. The maximum Gasteiger partial charge on any atom is 0.233 e. The van der Waals surface area contributed by atoms with Crippen LogP contribution < -0.4 is 5.32 Å². The van der Waals surface area contributed by atoms with Crippen molar-refractivity contribution in [3.05, 3.63) is 30.2 Å². The van der Waals surface area contributed by atoms with E-state index < -0.39 is 0 Å². The van der Waals surface area contributed by atoms with Crippen molar-refractivity contribution in [3.8, 4) is 0 Å². The number of pyridine rings is 1. The standard InChI is InChI=1S/C10H11BrN4O/c1-7(11)10(16)12-6-9-14-13-8-4-2-3-5-15(8)9/h2-5,7H,6H2,1H3,(H,12,16). The Hall–Kier alpha value is -1.43. The summed E-state index contributed by atoms with van der Waals surface area (Å²) in [6, 6.07) is 5.66. The van der Waals surface area contributed by atoms with E-state index in [1.807, 2.05) is 28.8 Å². The second-order valence-electron chi connectivity index (χ2n) is 3.38. The third kappa shape index (κ3) is 2.21. The highest BCUT2D eigenvalue weighted by Crippen LogP contribution is 2.03. The Morgan fingerprint density at radius 1 is 1.56 bits per heavy atom. The Kier molecular flexibility index (Phi) is 3.19. The quantitative estimate of drug-likeness (QED) is 0.859. The number of hydrogen-bond donors (Lipinski definition) is 1. The van der Waals surface area contributed by atoms with Gasteiger partial charge in [0.15, 0.2) is 11.5 Å². The molecule has 0 saturated heterocycles. The maximum absolute atomic E-state index is 11.4. The Balaban J connectivity index is 2.13. The summed E-state index contributed by atoms with van der Waals surface area (Å²) in [6.45, 7) is 2.15. The molecule has 16 heavy (non-hydrogen) atoms. The van der Waals surface area contributed by atoms with Gasteiger partial charge in [-0.15, -0.1) is 10.2 Å².